The van der Waals surface area contributed by atoms with Gasteiger partial charge < -0.3 is 9.47 Å². The van der Waals surface area contributed by atoms with Gasteiger partial charge in [0.2, 0.25) is 5.90 Å². The molecule has 4 aromatic rings. The minimum Gasteiger partial charge on any atom is -0.423 e. The van der Waals surface area contributed by atoms with E-state index >= 15 is 0 Å². The van der Waals surface area contributed by atoms with Crippen LogP contribution in [0.3, 0.4) is 0 Å². The van der Waals surface area contributed by atoms with Crippen molar-refractivity contribution in [2.45, 2.75) is 6.92 Å². The van der Waals surface area contributed by atoms with Gasteiger partial charge in [-0.15, -0.1) is 0 Å². The summed E-state index contributed by atoms with van der Waals surface area (Å²) >= 11 is 0. The van der Waals surface area contributed by atoms with Crippen LogP contribution < -0.4 is 4.74 Å². The van der Waals surface area contributed by atoms with Crippen molar-refractivity contribution in [1.82, 2.24) is 0 Å². The van der Waals surface area contributed by atoms with Gasteiger partial charge in [-0.1, -0.05) is 60.2 Å². The maximum absolute atomic E-state index is 12.3. The van der Waals surface area contributed by atoms with Crippen LogP contribution in [0.15, 0.2) is 102 Å². The van der Waals surface area contributed by atoms with Crippen molar-refractivity contribution in [3.8, 4) is 5.75 Å². The van der Waals surface area contributed by atoms with E-state index in [1.165, 1.54) is 0 Å². The Morgan fingerprint density at radius 2 is 1.61 bits per heavy atom. The Morgan fingerprint density at radius 1 is 0.879 bits per heavy atom. The SMILES string of the molecule is Cc1ccc(C(=O)Oc2ccc(/C=C3\N=C(c4ccc5ccccc5c4)OC3=O)cc2)cc1. The van der Waals surface area contributed by atoms with Gasteiger partial charge in [-0.2, -0.15) is 0 Å². The van der Waals surface area contributed by atoms with Gasteiger partial charge in [0, 0.05) is 5.56 Å². The molecule has 0 N–H and O–H groups in total. The normalized spacial score (nSPS) is 14.3. The summed E-state index contributed by atoms with van der Waals surface area (Å²) < 4.78 is 10.8. The maximum Gasteiger partial charge on any atom is 0.363 e. The number of carbonyl (C=O) groups excluding carboxylic acids is 2. The molecule has 0 amide bonds. The highest BCUT2D eigenvalue weighted by Crippen LogP contribution is 2.23. The number of nitrogens with zero attached hydrogens (tertiary/aromatic N) is 1. The molecule has 5 rings (SSSR count). The predicted molar refractivity (Wildman–Crippen MR) is 127 cm³/mol. The fraction of sp³-hybridized carbons (Fsp3) is 0.0357. The lowest BCUT2D eigenvalue weighted by molar-refractivity contribution is -0.129. The summed E-state index contributed by atoms with van der Waals surface area (Å²) in [5.41, 5.74) is 3.24. The van der Waals surface area contributed by atoms with Gasteiger partial charge >= 0.3 is 11.9 Å². The van der Waals surface area contributed by atoms with E-state index < -0.39 is 11.9 Å². The number of hydrogen-bond acceptors (Lipinski definition) is 5. The highest BCUT2D eigenvalue weighted by atomic mass is 16.6. The summed E-state index contributed by atoms with van der Waals surface area (Å²) in [6.45, 7) is 1.96. The first kappa shape index (κ1) is 20.4. The molecule has 0 radical (unpaired) electrons. The first-order valence-corrected chi connectivity index (χ1v) is 10.5. The monoisotopic (exact) mass is 433 g/mol. The Kier molecular flexibility index (Phi) is 5.29. The lowest BCUT2D eigenvalue weighted by Gasteiger charge is -2.05. The van der Waals surface area contributed by atoms with Gasteiger partial charge in [-0.3, -0.25) is 0 Å². The molecule has 0 spiro atoms. The van der Waals surface area contributed by atoms with E-state index in [-0.39, 0.29) is 11.6 Å². The maximum atomic E-state index is 12.3. The number of hydrogen-bond donors (Lipinski definition) is 0. The van der Waals surface area contributed by atoms with E-state index in [0.29, 0.717) is 11.3 Å². The van der Waals surface area contributed by atoms with Crippen LogP contribution in [0.1, 0.15) is 27.0 Å². The van der Waals surface area contributed by atoms with Crippen molar-refractivity contribution in [3.63, 3.8) is 0 Å². The summed E-state index contributed by atoms with van der Waals surface area (Å²) in [6, 6.07) is 27.8. The molecule has 5 nitrogen and oxygen atoms in total. The lowest BCUT2D eigenvalue weighted by atomic mass is 10.1. The number of cyclic esters (lactones) is 1. The average molecular weight is 433 g/mol. The van der Waals surface area contributed by atoms with Gasteiger partial charge in [0.25, 0.3) is 0 Å². The largest absolute Gasteiger partial charge is 0.423 e. The van der Waals surface area contributed by atoms with Crippen molar-refractivity contribution in [1.29, 1.82) is 0 Å². The molecule has 33 heavy (non-hydrogen) atoms. The van der Waals surface area contributed by atoms with E-state index in [9.17, 15) is 9.59 Å². The van der Waals surface area contributed by atoms with Crippen LogP contribution in [-0.4, -0.2) is 17.8 Å². The van der Waals surface area contributed by atoms with Crippen LogP contribution in [0.4, 0.5) is 0 Å². The summed E-state index contributed by atoms with van der Waals surface area (Å²) in [5.74, 6) is -0.240. The van der Waals surface area contributed by atoms with Gasteiger partial charge in [0.15, 0.2) is 5.70 Å². The minimum atomic E-state index is -0.506. The van der Waals surface area contributed by atoms with Crippen LogP contribution in [0.5, 0.6) is 5.75 Å². The summed E-state index contributed by atoms with van der Waals surface area (Å²) in [4.78, 5) is 29.0. The van der Waals surface area contributed by atoms with Crippen LogP contribution in [0.25, 0.3) is 16.8 Å². The van der Waals surface area contributed by atoms with Crippen molar-refractivity contribution < 1.29 is 19.1 Å². The molecule has 0 atom stereocenters. The standard InChI is InChI=1S/C28H19NO4/c1-18-6-10-21(11-7-18)27(30)32-24-14-8-19(9-15-24)16-25-28(31)33-26(29-25)23-13-12-20-4-2-3-5-22(20)17-23/h2-17H,1H3/b25-16-. The van der Waals surface area contributed by atoms with E-state index in [1.54, 1.807) is 42.5 Å². The molecule has 1 aliphatic rings. The average Bonchev–Trinajstić information content (AvgIpc) is 3.20. The van der Waals surface area contributed by atoms with Gasteiger partial charge in [-0.05, 0) is 65.7 Å². The second kappa shape index (κ2) is 8.55. The quantitative estimate of drug-likeness (QED) is 0.235. The number of ether oxygens (including phenoxy) is 2. The van der Waals surface area contributed by atoms with Crippen molar-refractivity contribution in [3.05, 3.63) is 119 Å². The molecule has 0 fully saturated rings. The fourth-order valence-corrected chi connectivity index (χ4v) is 3.50. The van der Waals surface area contributed by atoms with Crippen molar-refractivity contribution in [2.75, 3.05) is 0 Å². The van der Waals surface area contributed by atoms with E-state index in [0.717, 1.165) is 27.5 Å². The molecule has 4 aromatic carbocycles. The molecule has 160 valence electrons. The number of fused-ring (bicyclic) bond motifs is 1. The molecule has 5 heteroatoms. The third-order valence-corrected chi connectivity index (χ3v) is 5.30. The zero-order chi connectivity index (χ0) is 22.8. The van der Waals surface area contributed by atoms with Crippen LogP contribution in [-0.2, 0) is 9.53 Å². The molecule has 0 bridgehead atoms. The number of rotatable bonds is 4. The number of aliphatic imine (C=N–C) groups is 1. The predicted octanol–water partition coefficient (Wildman–Crippen LogP) is 5.71. The van der Waals surface area contributed by atoms with Crippen LogP contribution in [0.2, 0.25) is 0 Å². The third kappa shape index (κ3) is 4.43. The number of benzene rings is 4. The number of carbonyl (C=O) groups is 2. The Labute approximate surface area is 190 Å². The molecule has 1 heterocycles. The molecule has 0 unspecified atom stereocenters. The fourth-order valence-electron chi connectivity index (χ4n) is 3.50. The second-order valence-corrected chi connectivity index (χ2v) is 7.72. The molecule has 0 saturated heterocycles. The summed E-state index contributed by atoms with van der Waals surface area (Å²) in [5, 5.41) is 2.15. The molecule has 0 aliphatic carbocycles. The van der Waals surface area contributed by atoms with Gasteiger partial charge in [0.05, 0.1) is 5.56 Å². The molecule has 0 aromatic heterocycles. The minimum absolute atomic E-state index is 0.211. The number of aryl methyl sites for hydroxylation is 1. The van der Waals surface area contributed by atoms with Gasteiger partial charge in [0.1, 0.15) is 5.75 Å². The highest BCUT2D eigenvalue weighted by molar-refractivity contribution is 6.13. The Balaban J connectivity index is 1.33. The molecular weight excluding hydrogens is 414 g/mol. The topological polar surface area (TPSA) is 65.0 Å². The first-order valence-electron chi connectivity index (χ1n) is 10.5. The van der Waals surface area contributed by atoms with Crippen molar-refractivity contribution in [2.24, 2.45) is 4.99 Å². The lowest BCUT2D eigenvalue weighted by Crippen LogP contribution is -2.08. The first-order chi connectivity index (χ1) is 16.0. The third-order valence-electron chi connectivity index (χ3n) is 5.30. The van der Waals surface area contributed by atoms with E-state index in [1.807, 2.05) is 61.5 Å². The van der Waals surface area contributed by atoms with E-state index in [2.05, 4.69) is 4.99 Å². The van der Waals surface area contributed by atoms with Crippen LogP contribution >= 0.6 is 0 Å². The summed E-state index contributed by atoms with van der Waals surface area (Å²) in [7, 11) is 0. The van der Waals surface area contributed by atoms with E-state index in [4.69, 9.17) is 9.47 Å². The second-order valence-electron chi connectivity index (χ2n) is 7.72. The molecule has 0 saturated carbocycles. The zero-order valence-electron chi connectivity index (χ0n) is 17.8. The van der Waals surface area contributed by atoms with Crippen molar-refractivity contribution >= 4 is 34.7 Å². The Hall–Kier alpha value is -4.51. The molecule has 1 aliphatic heterocycles. The highest BCUT2D eigenvalue weighted by Gasteiger charge is 2.24. The Bertz CT molecular complexity index is 1430. The number of esters is 2. The van der Waals surface area contributed by atoms with Crippen LogP contribution in [0, 0.1) is 6.92 Å². The molecular formula is C28H19NO4. The van der Waals surface area contributed by atoms with Gasteiger partial charge in [-0.25, -0.2) is 14.6 Å². The zero-order valence-corrected chi connectivity index (χ0v) is 17.8. The Morgan fingerprint density at radius 3 is 2.36 bits per heavy atom. The smallest absolute Gasteiger partial charge is 0.363 e. The summed E-state index contributed by atoms with van der Waals surface area (Å²) in [6.07, 6.45) is 1.64.